The molecule has 4 heteroatoms. The van der Waals surface area contributed by atoms with E-state index < -0.39 is 0 Å². The van der Waals surface area contributed by atoms with E-state index in [9.17, 15) is 4.79 Å². The van der Waals surface area contributed by atoms with E-state index in [1.165, 1.54) is 31.2 Å². The molecule has 1 saturated heterocycles. The molecule has 1 aromatic carbocycles. The van der Waals surface area contributed by atoms with E-state index in [2.05, 4.69) is 40.0 Å². The van der Waals surface area contributed by atoms with Gasteiger partial charge in [0.15, 0.2) is 0 Å². The maximum absolute atomic E-state index is 13.0. The van der Waals surface area contributed by atoms with Crippen LogP contribution in [0.15, 0.2) is 30.3 Å². The fraction of sp³-hybridized carbons (Fsp3) is 0.632. The first kappa shape index (κ1) is 15.2. The number of nitrogens with one attached hydrogen (secondary N) is 2. The fourth-order valence-electron chi connectivity index (χ4n) is 4.85. The van der Waals surface area contributed by atoms with Crippen LogP contribution in [0.2, 0.25) is 0 Å². The molecule has 4 rings (SSSR count). The minimum atomic E-state index is 0.183. The van der Waals surface area contributed by atoms with Gasteiger partial charge in [-0.3, -0.25) is 10.2 Å². The molecular formula is C19H27N3O. The number of aryl methyl sites for hydroxylation is 1. The minimum Gasteiger partial charge on any atom is -0.323 e. The second-order valence-corrected chi connectivity index (χ2v) is 7.40. The summed E-state index contributed by atoms with van der Waals surface area (Å²) in [5.41, 5.74) is 7.79. The van der Waals surface area contributed by atoms with Crippen LogP contribution in [-0.2, 0) is 11.2 Å². The Kier molecular flexibility index (Phi) is 4.36. The lowest BCUT2D eigenvalue weighted by Crippen LogP contribution is -2.54. The maximum atomic E-state index is 13.0. The summed E-state index contributed by atoms with van der Waals surface area (Å²) in [5.74, 6) is 1.93. The molecule has 0 spiro atoms. The molecule has 1 heterocycles. The molecule has 1 aliphatic heterocycles. The summed E-state index contributed by atoms with van der Waals surface area (Å²) in [4.78, 5) is 15.2. The van der Waals surface area contributed by atoms with Crippen LogP contribution >= 0.6 is 0 Å². The zero-order valence-electron chi connectivity index (χ0n) is 13.7. The molecule has 2 bridgehead atoms. The maximum Gasteiger partial charge on any atom is 0.224 e. The first-order valence-corrected chi connectivity index (χ1v) is 9.15. The van der Waals surface area contributed by atoms with Crippen molar-refractivity contribution in [2.75, 3.05) is 6.54 Å². The normalized spacial score (nSPS) is 32.3. The third kappa shape index (κ3) is 3.15. The summed E-state index contributed by atoms with van der Waals surface area (Å²) in [6.45, 7) is 0.952. The van der Waals surface area contributed by atoms with Crippen LogP contribution in [0.5, 0.6) is 0 Å². The van der Waals surface area contributed by atoms with Crippen LogP contribution in [0.25, 0.3) is 0 Å². The van der Waals surface area contributed by atoms with Crippen LogP contribution in [0.4, 0.5) is 0 Å². The highest BCUT2D eigenvalue weighted by molar-refractivity contribution is 5.77. The molecule has 124 valence electrons. The fourth-order valence-corrected chi connectivity index (χ4v) is 4.85. The molecule has 4 nitrogen and oxygen atoms in total. The van der Waals surface area contributed by atoms with E-state index in [0.29, 0.717) is 18.4 Å². The Bertz CT molecular complexity index is 541. The quantitative estimate of drug-likeness (QED) is 0.878. The summed E-state index contributed by atoms with van der Waals surface area (Å²) < 4.78 is 0. The highest BCUT2D eigenvalue weighted by atomic mass is 16.2. The number of rotatable bonds is 5. The van der Waals surface area contributed by atoms with Gasteiger partial charge in [-0.25, -0.2) is 5.43 Å². The Morgan fingerprint density at radius 2 is 2.00 bits per heavy atom. The molecule has 2 saturated carbocycles. The predicted molar refractivity (Wildman–Crippen MR) is 90.4 cm³/mol. The molecule has 1 amide bonds. The Morgan fingerprint density at radius 3 is 2.65 bits per heavy atom. The molecule has 2 N–H and O–H groups in total. The number of carbonyl (C=O) groups excluding carboxylic acids is 1. The molecule has 0 aromatic heterocycles. The van der Waals surface area contributed by atoms with E-state index in [0.717, 1.165) is 31.2 Å². The van der Waals surface area contributed by atoms with Crippen molar-refractivity contribution in [2.45, 2.75) is 57.2 Å². The van der Waals surface area contributed by atoms with Crippen LogP contribution in [0, 0.1) is 11.8 Å². The van der Waals surface area contributed by atoms with Gasteiger partial charge in [-0.15, -0.1) is 0 Å². The van der Waals surface area contributed by atoms with E-state index in [1.807, 2.05) is 6.07 Å². The van der Waals surface area contributed by atoms with Crippen molar-refractivity contribution in [3.8, 4) is 0 Å². The second-order valence-electron chi connectivity index (χ2n) is 7.40. The number of hydrazine groups is 1. The molecule has 23 heavy (non-hydrogen) atoms. The van der Waals surface area contributed by atoms with Crippen LogP contribution in [0.1, 0.15) is 44.1 Å². The minimum absolute atomic E-state index is 0.183. The molecule has 0 radical (unpaired) electrons. The number of carbonyl (C=O) groups is 1. The lowest BCUT2D eigenvalue weighted by atomic mass is 9.93. The first-order valence-electron chi connectivity index (χ1n) is 9.15. The lowest BCUT2D eigenvalue weighted by Gasteiger charge is -2.38. The number of amides is 1. The van der Waals surface area contributed by atoms with Crippen molar-refractivity contribution in [2.24, 2.45) is 11.8 Å². The zero-order chi connectivity index (χ0) is 15.6. The monoisotopic (exact) mass is 313 g/mol. The first-order chi connectivity index (χ1) is 11.3. The van der Waals surface area contributed by atoms with Gasteiger partial charge in [0.2, 0.25) is 5.91 Å². The van der Waals surface area contributed by atoms with Gasteiger partial charge in [0.25, 0.3) is 0 Å². The summed E-state index contributed by atoms with van der Waals surface area (Å²) >= 11 is 0. The summed E-state index contributed by atoms with van der Waals surface area (Å²) in [6.07, 6.45) is 7.93. The van der Waals surface area contributed by atoms with Gasteiger partial charge >= 0.3 is 0 Å². The average Bonchev–Trinajstić information content (AvgIpc) is 3.32. The number of nitrogens with zero attached hydrogens (tertiary/aromatic N) is 1. The van der Waals surface area contributed by atoms with Crippen LogP contribution in [0.3, 0.4) is 0 Å². The Labute approximate surface area is 138 Å². The van der Waals surface area contributed by atoms with Crippen molar-refractivity contribution in [3.05, 3.63) is 35.9 Å². The Balaban J connectivity index is 1.45. The van der Waals surface area contributed by atoms with E-state index in [-0.39, 0.29) is 6.17 Å². The molecule has 2 aliphatic carbocycles. The van der Waals surface area contributed by atoms with Gasteiger partial charge in [-0.1, -0.05) is 36.8 Å². The highest BCUT2D eigenvalue weighted by Gasteiger charge is 2.45. The Morgan fingerprint density at radius 1 is 1.13 bits per heavy atom. The summed E-state index contributed by atoms with van der Waals surface area (Å²) in [6, 6.07) is 10.8. The van der Waals surface area contributed by atoms with Gasteiger partial charge < -0.3 is 4.90 Å². The third-order valence-electron chi connectivity index (χ3n) is 5.96. The number of benzene rings is 1. The van der Waals surface area contributed by atoms with Crippen molar-refractivity contribution < 1.29 is 4.79 Å². The van der Waals surface area contributed by atoms with E-state index >= 15 is 0 Å². The van der Waals surface area contributed by atoms with Crippen molar-refractivity contribution in [1.29, 1.82) is 0 Å². The van der Waals surface area contributed by atoms with Gasteiger partial charge in [0, 0.05) is 19.0 Å². The number of fused-ring (bicyclic) bond motifs is 2. The Hall–Kier alpha value is -1.39. The molecule has 4 unspecified atom stereocenters. The SMILES string of the molecule is O=C(CCc1ccccc1)N(C1CCNN1)C1CC2CCC1C2. The molecule has 4 atom stereocenters. The molecular weight excluding hydrogens is 286 g/mol. The average molecular weight is 313 g/mol. The van der Waals surface area contributed by atoms with Gasteiger partial charge in [0.05, 0.1) is 6.17 Å². The van der Waals surface area contributed by atoms with Gasteiger partial charge in [0.1, 0.15) is 0 Å². The zero-order valence-corrected chi connectivity index (χ0v) is 13.7. The van der Waals surface area contributed by atoms with Gasteiger partial charge in [-0.2, -0.15) is 0 Å². The molecule has 3 fully saturated rings. The van der Waals surface area contributed by atoms with Crippen molar-refractivity contribution in [1.82, 2.24) is 15.8 Å². The standard InChI is InChI=1S/C19H27N3O/c23-19(9-7-14-4-2-1-3-5-14)22(18-10-11-20-21-18)17-13-15-6-8-16(17)12-15/h1-5,15-18,20-21H,6-13H2. The summed E-state index contributed by atoms with van der Waals surface area (Å²) in [5, 5.41) is 0. The van der Waals surface area contributed by atoms with Crippen molar-refractivity contribution in [3.63, 3.8) is 0 Å². The number of hydrogen-bond donors (Lipinski definition) is 2. The third-order valence-corrected chi connectivity index (χ3v) is 5.96. The molecule has 1 aromatic rings. The smallest absolute Gasteiger partial charge is 0.224 e. The van der Waals surface area contributed by atoms with Crippen LogP contribution < -0.4 is 10.9 Å². The topological polar surface area (TPSA) is 44.4 Å². The second kappa shape index (κ2) is 6.62. The lowest BCUT2D eigenvalue weighted by molar-refractivity contribution is -0.138. The predicted octanol–water partition coefficient (Wildman–Crippen LogP) is 2.46. The largest absolute Gasteiger partial charge is 0.323 e. The number of hydrogen-bond acceptors (Lipinski definition) is 3. The van der Waals surface area contributed by atoms with E-state index in [4.69, 9.17) is 0 Å². The van der Waals surface area contributed by atoms with E-state index in [1.54, 1.807) is 0 Å². The highest BCUT2D eigenvalue weighted by Crippen LogP contribution is 2.47. The van der Waals surface area contributed by atoms with Crippen LogP contribution in [-0.4, -0.2) is 29.6 Å². The molecule has 3 aliphatic rings. The summed E-state index contributed by atoms with van der Waals surface area (Å²) in [7, 11) is 0. The van der Waals surface area contributed by atoms with Crippen molar-refractivity contribution >= 4 is 5.91 Å². The van der Waals surface area contributed by atoms with Gasteiger partial charge in [-0.05, 0) is 49.5 Å².